The number of carbonyl (C=O) groups excluding carboxylic acids is 2. The summed E-state index contributed by atoms with van der Waals surface area (Å²) in [5.41, 5.74) is 3.44. The Kier molecular flexibility index (Phi) is 5.43. The van der Waals surface area contributed by atoms with Gasteiger partial charge in [0.1, 0.15) is 5.76 Å². The van der Waals surface area contributed by atoms with Crippen molar-refractivity contribution in [1.29, 1.82) is 0 Å². The number of aromatic nitrogens is 1. The van der Waals surface area contributed by atoms with Gasteiger partial charge in [-0.25, -0.2) is 0 Å². The van der Waals surface area contributed by atoms with E-state index in [9.17, 15) is 9.59 Å². The van der Waals surface area contributed by atoms with E-state index in [4.69, 9.17) is 4.52 Å². The van der Waals surface area contributed by atoms with Gasteiger partial charge in [-0.15, -0.1) is 11.8 Å². The monoisotopic (exact) mass is 359 g/mol. The van der Waals surface area contributed by atoms with Crippen LogP contribution in [-0.2, 0) is 16.0 Å². The van der Waals surface area contributed by atoms with E-state index in [0.717, 1.165) is 25.1 Å². The third kappa shape index (κ3) is 4.42. The van der Waals surface area contributed by atoms with E-state index >= 15 is 0 Å². The summed E-state index contributed by atoms with van der Waals surface area (Å²) in [6.45, 7) is 4.56. The van der Waals surface area contributed by atoms with Crippen LogP contribution >= 0.6 is 11.8 Å². The summed E-state index contributed by atoms with van der Waals surface area (Å²) >= 11 is 1.31. The number of carbonyl (C=O) groups is 2. The van der Waals surface area contributed by atoms with Crippen LogP contribution in [0.5, 0.6) is 0 Å². The number of thioether (sulfide) groups is 1. The van der Waals surface area contributed by atoms with Crippen molar-refractivity contribution in [3.8, 4) is 0 Å². The fraction of sp³-hybridized carbons (Fsp3) is 0.389. The van der Waals surface area contributed by atoms with Crippen molar-refractivity contribution in [2.75, 3.05) is 28.3 Å². The van der Waals surface area contributed by atoms with Crippen molar-refractivity contribution < 1.29 is 14.1 Å². The van der Waals surface area contributed by atoms with Crippen molar-refractivity contribution in [1.82, 2.24) is 5.16 Å². The second-order valence-corrected chi connectivity index (χ2v) is 7.13. The molecule has 2 amide bonds. The van der Waals surface area contributed by atoms with E-state index in [0.29, 0.717) is 11.6 Å². The first-order valence-corrected chi connectivity index (χ1v) is 9.39. The lowest BCUT2D eigenvalue weighted by Crippen LogP contribution is -2.37. The number of amides is 2. The lowest BCUT2D eigenvalue weighted by atomic mass is 10.00. The van der Waals surface area contributed by atoms with Crippen LogP contribution in [0.4, 0.5) is 11.5 Å². The average Bonchev–Trinajstić information content (AvgIpc) is 2.98. The Bertz CT molecular complexity index is 788. The standard InChI is InChI=1S/C18H21N3O3S/c1-12-5-6-15-14(8-12)4-3-7-21(15)18(23)11-25-10-17(22)19-16-9-13(2)24-20-16/h5-6,8-9H,3-4,7,10-11H2,1-2H3,(H,19,20,22). The summed E-state index contributed by atoms with van der Waals surface area (Å²) in [4.78, 5) is 26.2. The van der Waals surface area contributed by atoms with E-state index in [-0.39, 0.29) is 23.3 Å². The van der Waals surface area contributed by atoms with Gasteiger partial charge in [-0.1, -0.05) is 22.9 Å². The molecule has 0 bridgehead atoms. The van der Waals surface area contributed by atoms with Crippen molar-refractivity contribution in [3.63, 3.8) is 0 Å². The molecule has 2 heterocycles. The molecular formula is C18H21N3O3S. The third-order valence-electron chi connectivity index (χ3n) is 4.01. The van der Waals surface area contributed by atoms with Crippen molar-refractivity contribution in [2.24, 2.45) is 0 Å². The highest BCUT2D eigenvalue weighted by molar-refractivity contribution is 8.00. The van der Waals surface area contributed by atoms with Crippen LogP contribution in [0.3, 0.4) is 0 Å². The first-order valence-electron chi connectivity index (χ1n) is 8.24. The maximum absolute atomic E-state index is 12.5. The molecule has 25 heavy (non-hydrogen) atoms. The van der Waals surface area contributed by atoms with Gasteiger partial charge in [0.2, 0.25) is 11.8 Å². The topological polar surface area (TPSA) is 75.4 Å². The predicted octanol–water partition coefficient (Wildman–Crippen LogP) is 2.94. The number of nitrogens with one attached hydrogen (secondary N) is 1. The molecule has 0 radical (unpaired) electrons. The molecular weight excluding hydrogens is 338 g/mol. The maximum atomic E-state index is 12.5. The van der Waals surface area contributed by atoms with Gasteiger partial charge in [0, 0.05) is 18.3 Å². The Morgan fingerprint density at radius 1 is 1.28 bits per heavy atom. The van der Waals surface area contributed by atoms with Gasteiger partial charge in [0.05, 0.1) is 11.5 Å². The van der Waals surface area contributed by atoms with E-state index in [1.165, 1.54) is 22.9 Å². The fourth-order valence-electron chi connectivity index (χ4n) is 2.90. The van der Waals surface area contributed by atoms with Gasteiger partial charge < -0.3 is 14.7 Å². The first kappa shape index (κ1) is 17.5. The van der Waals surface area contributed by atoms with Crippen molar-refractivity contribution in [2.45, 2.75) is 26.7 Å². The van der Waals surface area contributed by atoms with Crippen LogP contribution in [-0.4, -0.2) is 35.0 Å². The summed E-state index contributed by atoms with van der Waals surface area (Å²) in [5.74, 6) is 1.36. The Morgan fingerprint density at radius 3 is 2.88 bits per heavy atom. The molecule has 0 aliphatic carbocycles. The highest BCUT2D eigenvalue weighted by atomic mass is 32.2. The molecule has 0 unspecified atom stereocenters. The molecule has 0 saturated heterocycles. The first-order chi connectivity index (χ1) is 12.0. The third-order valence-corrected chi connectivity index (χ3v) is 4.93. The molecule has 0 fully saturated rings. The van der Waals surface area contributed by atoms with Crippen LogP contribution < -0.4 is 10.2 Å². The number of aryl methyl sites for hydroxylation is 3. The molecule has 3 rings (SSSR count). The van der Waals surface area contributed by atoms with Gasteiger partial charge in [0.25, 0.3) is 0 Å². The number of hydrogen-bond donors (Lipinski definition) is 1. The van der Waals surface area contributed by atoms with E-state index in [1.54, 1.807) is 13.0 Å². The fourth-order valence-corrected chi connectivity index (χ4v) is 3.59. The van der Waals surface area contributed by atoms with Crippen LogP contribution in [0.1, 0.15) is 23.3 Å². The van der Waals surface area contributed by atoms with Gasteiger partial charge >= 0.3 is 0 Å². The minimum atomic E-state index is -0.194. The molecule has 0 saturated carbocycles. The molecule has 2 aromatic rings. The Hall–Kier alpha value is -2.28. The van der Waals surface area contributed by atoms with Gasteiger partial charge in [0.15, 0.2) is 5.82 Å². The van der Waals surface area contributed by atoms with Crippen LogP contribution in [0.15, 0.2) is 28.8 Å². The largest absolute Gasteiger partial charge is 0.360 e. The number of hydrogen-bond acceptors (Lipinski definition) is 5. The smallest absolute Gasteiger partial charge is 0.236 e. The average molecular weight is 359 g/mol. The predicted molar refractivity (Wildman–Crippen MR) is 99.0 cm³/mol. The second-order valence-electron chi connectivity index (χ2n) is 6.14. The van der Waals surface area contributed by atoms with Crippen LogP contribution in [0, 0.1) is 13.8 Å². The summed E-state index contributed by atoms with van der Waals surface area (Å²) in [5, 5.41) is 6.36. The highest BCUT2D eigenvalue weighted by Gasteiger charge is 2.22. The van der Waals surface area contributed by atoms with E-state index < -0.39 is 0 Å². The number of rotatable bonds is 5. The van der Waals surface area contributed by atoms with Gasteiger partial charge in [-0.05, 0) is 38.3 Å². The van der Waals surface area contributed by atoms with E-state index in [2.05, 4.69) is 23.5 Å². The Labute approximate surface area is 150 Å². The molecule has 6 nitrogen and oxygen atoms in total. The SMILES string of the molecule is Cc1ccc2c(c1)CCCN2C(=O)CSCC(=O)Nc1cc(C)on1. The van der Waals surface area contributed by atoms with Crippen molar-refractivity contribution in [3.05, 3.63) is 41.2 Å². The van der Waals surface area contributed by atoms with E-state index in [1.807, 2.05) is 17.0 Å². The summed E-state index contributed by atoms with van der Waals surface area (Å²) < 4.78 is 4.90. The number of fused-ring (bicyclic) bond motifs is 1. The Balaban J connectivity index is 1.51. The molecule has 1 aromatic heterocycles. The molecule has 0 spiro atoms. The second kappa shape index (κ2) is 7.74. The zero-order chi connectivity index (χ0) is 17.8. The van der Waals surface area contributed by atoms with Crippen LogP contribution in [0.2, 0.25) is 0 Å². The minimum Gasteiger partial charge on any atom is -0.360 e. The molecule has 1 aliphatic rings. The number of benzene rings is 1. The molecule has 1 aliphatic heterocycles. The summed E-state index contributed by atoms with van der Waals surface area (Å²) in [6.07, 6.45) is 1.98. The number of anilines is 2. The lowest BCUT2D eigenvalue weighted by molar-refractivity contribution is -0.116. The quantitative estimate of drug-likeness (QED) is 0.888. The molecule has 7 heteroatoms. The maximum Gasteiger partial charge on any atom is 0.236 e. The number of nitrogens with zero attached hydrogens (tertiary/aromatic N) is 2. The molecule has 0 atom stereocenters. The van der Waals surface area contributed by atoms with Crippen LogP contribution in [0.25, 0.3) is 0 Å². The minimum absolute atomic E-state index is 0.0416. The lowest BCUT2D eigenvalue weighted by Gasteiger charge is -2.29. The molecule has 1 aromatic carbocycles. The summed E-state index contributed by atoms with van der Waals surface area (Å²) in [7, 11) is 0. The summed E-state index contributed by atoms with van der Waals surface area (Å²) in [6, 6.07) is 7.85. The zero-order valence-electron chi connectivity index (χ0n) is 14.4. The van der Waals surface area contributed by atoms with Gasteiger partial charge in [-0.2, -0.15) is 0 Å². The van der Waals surface area contributed by atoms with Crippen molar-refractivity contribution >= 4 is 35.1 Å². The zero-order valence-corrected chi connectivity index (χ0v) is 15.2. The van der Waals surface area contributed by atoms with Gasteiger partial charge in [-0.3, -0.25) is 9.59 Å². The molecule has 1 N–H and O–H groups in total. The highest BCUT2D eigenvalue weighted by Crippen LogP contribution is 2.28. The normalized spacial score (nSPS) is 13.4. The molecule has 132 valence electrons. The Morgan fingerprint density at radius 2 is 2.12 bits per heavy atom.